The number of anilines is 1. The number of halogens is 1. The Morgan fingerprint density at radius 2 is 2.26 bits per heavy atom. The highest BCUT2D eigenvalue weighted by Gasteiger charge is 2.09. The van der Waals surface area contributed by atoms with Crippen LogP contribution in [0.2, 0.25) is 0 Å². The van der Waals surface area contributed by atoms with Crippen molar-refractivity contribution >= 4 is 61.7 Å². The van der Waals surface area contributed by atoms with Gasteiger partial charge in [0.15, 0.2) is 17.1 Å². The molecule has 0 aliphatic carbocycles. The first-order valence-corrected chi connectivity index (χ1v) is 8.56. The molecule has 0 saturated heterocycles. The zero-order chi connectivity index (χ0) is 14.0. The molecule has 0 fully saturated rings. The van der Waals surface area contributed by atoms with Crippen molar-refractivity contribution in [3.8, 4) is 0 Å². The van der Waals surface area contributed by atoms with Crippen molar-refractivity contribution in [2.24, 2.45) is 0 Å². The van der Waals surface area contributed by atoms with Gasteiger partial charge in [-0.05, 0) is 29.2 Å². The SMILES string of the molecule is C=S(C)N(C)CCNc1cc(=S)c2occ(Br)c2o1. The molecule has 0 amide bonds. The highest BCUT2D eigenvalue weighted by atomic mass is 79.9. The van der Waals surface area contributed by atoms with Crippen molar-refractivity contribution in [1.82, 2.24) is 4.31 Å². The lowest BCUT2D eigenvalue weighted by molar-refractivity contribution is 0.565. The third-order valence-corrected chi connectivity index (χ3v) is 4.76. The Hall–Kier alpha value is -0.630. The van der Waals surface area contributed by atoms with Crippen LogP contribution in [0.1, 0.15) is 0 Å². The van der Waals surface area contributed by atoms with Crippen LogP contribution < -0.4 is 5.32 Å². The Balaban J connectivity index is 2.11. The van der Waals surface area contributed by atoms with Gasteiger partial charge in [0.1, 0.15) is 6.26 Å². The molecule has 0 radical (unpaired) electrons. The van der Waals surface area contributed by atoms with Crippen molar-refractivity contribution < 1.29 is 8.83 Å². The third kappa shape index (κ3) is 3.47. The zero-order valence-corrected chi connectivity index (χ0v) is 14.0. The summed E-state index contributed by atoms with van der Waals surface area (Å²) in [6, 6.07) is 1.77. The fourth-order valence-corrected chi connectivity index (χ4v) is 2.50. The number of likely N-dealkylation sites (N-methyl/N-ethyl adjacent to an activating group) is 1. The second-order valence-corrected chi connectivity index (χ2v) is 7.21. The molecule has 104 valence electrons. The van der Waals surface area contributed by atoms with Gasteiger partial charge in [-0.15, -0.1) is 10.7 Å². The lowest BCUT2D eigenvalue weighted by atomic mass is 10.4. The molecule has 2 aromatic heterocycles. The fraction of sp³-hybridized carbons (Fsp3) is 0.333. The monoisotopic (exact) mass is 362 g/mol. The average molecular weight is 363 g/mol. The Labute approximate surface area is 128 Å². The summed E-state index contributed by atoms with van der Waals surface area (Å²) in [5, 5.41) is 3.22. The second kappa shape index (κ2) is 6.21. The summed E-state index contributed by atoms with van der Waals surface area (Å²) in [6.07, 6.45) is 3.66. The molecular formula is C12H15BrN2O2S2. The number of hydrogen-bond acceptors (Lipinski definition) is 5. The largest absolute Gasteiger partial charge is 0.458 e. The quantitative estimate of drug-likeness (QED) is 0.810. The molecule has 2 rings (SSSR count). The van der Waals surface area contributed by atoms with Gasteiger partial charge in [0, 0.05) is 19.2 Å². The Morgan fingerprint density at radius 1 is 1.53 bits per heavy atom. The smallest absolute Gasteiger partial charge is 0.195 e. The maximum absolute atomic E-state index is 5.71. The number of nitrogens with one attached hydrogen (secondary N) is 1. The minimum atomic E-state index is 0.0276. The molecule has 1 N–H and O–H groups in total. The number of rotatable bonds is 5. The molecule has 1 unspecified atom stereocenters. The first-order valence-electron chi connectivity index (χ1n) is 5.60. The standard InChI is InChI=1S/C12H15BrN2O2S2/c1-15(19(2)3)5-4-14-10-6-9(18)12-11(17-10)8(13)7-16-12/h6-7,14H,2,4-5H2,1,3H3. The van der Waals surface area contributed by atoms with E-state index in [2.05, 4.69) is 37.7 Å². The van der Waals surface area contributed by atoms with Crippen LogP contribution in [0.4, 0.5) is 5.88 Å². The lowest BCUT2D eigenvalue weighted by Gasteiger charge is -2.17. The predicted molar refractivity (Wildman–Crippen MR) is 88.8 cm³/mol. The van der Waals surface area contributed by atoms with E-state index in [1.165, 1.54) is 0 Å². The van der Waals surface area contributed by atoms with E-state index in [1.807, 2.05) is 7.05 Å². The minimum Gasteiger partial charge on any atom is -0.458 e. The predicted octanol–water partition coefficient (Wildman–Crippen LogP) is 4.11. The summed E-state index contributed by atoms with van der Waals surface area (Å²) in [5.74, 6) is 4.64. The molecule has 19 heavy (non-hydrogen) atoms. The van der Waals surface area contributed by atoms with E-state index >= 15 is 0 Å². The van der Waals surface area contributed by atoms with E-state index in [0.717, 1.165) is 17.6 Å². The van der Waals surface area contributed by atoms with Gasteiger partial charge < -0.3 is 14.2 Å². The number of nitrogens with zero attached hydrogens (tertiary/aromatic N) is 1. The van der Waals surface area contributed by atoms with Crippen LogP contribution in [0.3, 0.4) is 0 Å². The van der Waals surface area contributed by atoms with Crippen molar-refractivity contribution in [2.45, 2.75) is 0 Å². The first-order chi connectivity index (χ1) is 8.99. The van der Waals surface area contributed by atoms with Gasteiger partial charge in [-0.3, -0.25) is 4.31 Å². The molecule has 0 saturated carbocycles. The van der Waals surface area contributed by atoms with E-state index in [4.69, 9.17) is 21.1 Å². The Morgan fingerprint density at radius 3 is 2.95 bits per heavy atom. The maximum atomic E-state index is 5.71. The highest BCUT2D eigenvalue weighted by molar-refractivity contribution is 9.10. The van der Waals surface area contributed by atoms with Crippen LogP contribution in [0, 0.1) is 4.51 Å². The van der Waals surface area contributed by atoms with Crippen LogP contribution in [0.15, 0.2) is 25.6 Å². The van der Waals surface area contributed by atoms with Gasteiger partial charge in [-0.1, -0.05) is 18.1 Å². The molecule has 1 atom stereocenters. The Kier molecular flexibility index (Phi) is 4.83. The lowest BCUT2D eigenvalue weighted by Crippen LogP contribution is -2.20. The molecule has 2 heterocycles. The molecule has 4 nitrogen and oxygen atoms in total. The summed E-state index contributed by atoms with van der Waals surface area (Å²) in [6.45, 7) is 1.65. The molecule has 0 aliphatic heterocycles. The van der Waals surface area contributed by atoms with Crippen molar-refractivity contribution in [3.63, 3.8) is 0 Å². The van der Waals surface area contributed by atoms with E-state index in [9.17, 15) is 0 Å². The third-order valence-electron chi connectivity index (χ3n) is 2.66. The molecule has 0 aliphatic rings. The maximum Gasteiger partial charge on any atom is 0.195 e. The molecule has 0 bridgehead atoms. The van der Waals surface area contributed by atoms with Crippen LogP contribution >= 0.6 is 38.8 Å². The van der Waals surface area contributed by atoms with Crippen molar-refractivity contribution in [2.75, 3.05) is 31.7 Å². The molecular weight excluding hydrogens is 348 g/mol. The molecule has 0 aromatic carbocycles. The summed E-state index contributed by atoms with van der Waals surface area (Å²) >= 11 is 8.63. The summed E-state index contributed by atoms with van der Waals surface area (Å²) in [4.78, 5) is 0. The fourth-order valence-electron chi connectivity index (χ4n) is 1.49. The highest BCUT2D eigenvalue weighted by Crippen LogP contribution is 2.29. The first kappa shape index (κ1) is 14.8. The van der Waals surface area contributed by atoms with E-state index < -0.39 is 0 Å². The summed E-state index contributed by atoms with van der Waals surface area (Å²) in [7, 11) is 2.07. The van der Waals surface area contributed by atoms with Gasteiger partial charge in [0.25, 0.3) is 0 Å². The van der Waals surface area contributed by atoms with Gasteiger partial charge in [0.05, 0.1) is 8.98 Å². The summed E-state index contributed by atoms with van der Waals surface area (Å²) < 4.78 is 14.6. The molecule has 2 aromatic rings. The number of hydrogen-bond donors (Lipinski definition) is 1. The molecule has 0 spiro atoms. The minimum absolute atomic E-state index is 0.0276. The van der Waals surface area contributed by atoms with E-state index in [0.29, 0.717) is 21.6 Å². The van der Waals surface area contributed by atoms with Crippen molar-refractivity contribution in [1.29, 1.82) is 0 Å². The van der Waals surface area contributed by atoms with Crippen LogP contribution in [-0.4, -0.2) is 36.6 Å². The average Bonchev–Trinajstić information content (AvgIpc) is 2.71. The summed E-state index contributed by atoms with van der Waals surface area (Å²) in [5.41, 5.74) is 1.23. The van der Waals surface area contributed by atoms with E-state index in [-0.39, 0.29) is 10.7 Å². The number of furan rings is 1. The Bertz CT molecular complexity index is 665. The van der Waals surface area contributed by atoms with Crippen molar-refractivity contribution in [3.05, 3.63) is 21.3 Å². The van der Waals surface area contributed by atoms with Crippen LogP contribution in [-0.2, 0) is 0 Å². The normalized spacial score (nSPS) is 13.1. The van der Waals surface area contributed by atoms with E-state index in [1.54, 1.807) is 12.3 Å². The zero-order valence-electron chi connectivity index (χ0n) is 10.7. The van der Waals surface area contributed by atoms with Gasteiger partial charge in [0.2, 0.25) is 0 Å². The van der Waals surface area contributed by atoms with Gasteiger partial charge >= 0.3 is 0 Å². The van der Waals surface area contributed by atoms with Crippen LogP contribution in [0.5, 0.6) is 0 Å². The number of fused-ring (bicyclic) bond motifs is 1. The topological polar surface area (TPSA) is 41.5 Å². The van der Waals surface area contributed by atoms with Crippen LogP contribution in [0.25, 0.3) is 11.2 Å². The second-order valence-electron chi connectivity index (χ2n) is 4.10. The molecule has 7 heteroatoms. The van der Waals surface area contributed by atoms with Gasteiger partial charge in [-0.2, -0.15) is 0 Å². The van der Waals surface area contributed by atoms with Gasteiger partial charge in [-0.25, -0.2) is 0 Å².